The van der Waals surface area contributed by atoms with E-state index in [9.17, 15) is 4.79 Å². The van der Waals surface area contributed by atoms with E-state index in [4.69, 9.17) is 10.4 Å². The zero-order valence-corrected chi connectivity index (χ0v) is 16.4. The molecule has 7 nitrogen and oxygen atoms in total. The Balaban J connectivity index is 1.60. The van der Waals surface area contributed by atoms with Crippen molar-refractivity contribution in [3.05, 3.63) is 72.2 Å². The molecule has 148 valence electrons. The first-order valence-corrected chi connectivity index (χ1v) is 9.76. The van der Waals surface area contributed by atoms with Gasteiger partial charge in [0.2, 0.25) is 5.91 Å². The molecule has 0 unspecified atom stereocenters. The third kappa shape index (κ3) is 3.20. The van der Waals surface area contributed by atoms with Gasteiger partial charge in [-0.2, -0.15) is 0 Å². The van der Waals surface area contributed by atoms with Gasteiger partial charge in [0.15, 0.2) is 5.65 Å². The average Bonchev–Trinajstić information content (AvgIpc) is 3.29. The average molecular weight is 396 g/mol. The molecule has 4 aromatic rings. The van der Waals surface area contributed by atoms with Crippen molar-refractivity contribution < 1.29 is 4.79 Å². The number of fused-ring (bicyclic) bond motifs is 2. The summed E-state index contributed by atoms with van der Waals surface area (Å²) in [5.74, 6) is 0.703. The molecular formula is C23H20N6O. The summed E-state index contributed by atoms with van der Waals surface area (Å²) < 4.78 is 1.96. The smallest absolute Gasteiger partial charge is 0.221 e. The molecule has 0 bridgehead atoms. The molecule has 1 aliphatic rings. The van der Waals surface area contributed by atoms with E-state index in [2.05, 4.69) is 21.7 Å². The van der Waals surface area contributed by atoms with Crippen LogP contribution in [0.15, 0.2) is 61.1 Å². The monoisotopic (exact) mass is 396 g/mol. The minimum atomic E-state index is -0.117. The first-order chi connectivity index (χ1) is 14.6. The molecule has 0 fully saturated rings. The van der Waals surface area contributed by atoms with E-state index >= 15 is 0 Å². The van der Waals surface area contributed by atoms with Gasteiger partial charge in [0, 0.05) is 42.0 Å². The van der Waals surface area contributed by atoms with E-state index in [0.29, 0.717) is 5.71 Å². The summed E-state index contributed by atoms with van der Waals surface area (Å²) in [5, 5.41) is 14.4. The van der Waals surface area contributed by atoms with Gasteiger partial charge >= 0.3 is 0 Å². The van der Waals surface area contributed by atoms with Crippen LogP contribution < -0.4 is 10.6 Å². The van der Waals surface area contributed by atoms with E-state index in [1.165, 1.54) is 12.5 Å². The molecule has 0 saturated heterocycles. The van der Waals surface area contributed by atoms with Crippen molar-refractivity contribution in [2.24, 2.45) is 0 Å². The quantitative estimate of drug-likeness (QED) is 0.476. The Hall–Kier alpha value is -4.00. The number of aromatic nitrogens is 3. The predicted molar refractivity (Wildman–Crippen MR) is 118 cm³/mol. The fourth-order valence-corrected chi connectivity index (χ4v) is 3.88. The zero-order valence-electron chi connectivity index (χ0n) is 16.4. The lowest BCUT2D eigenvalue weighted by Gasteiger charge is -2.11. The number of aryl methyl sites for hydroxylation is 1. The lowest BCUT2D eigenvalue weighted by molar-refractivity contribution is -0.114. The third-order valence-corrected chi connectivity index (χ3v) is 5.22. The number of benzene rings is 2. The van der Waals surface area contributed by atoms with E-state index in [-0.39, 0.29) is 5.91 Å². The summed E-state index contributed by atoms with van der Waals surface area (Å²) in [5.41, 5.74) is 6.97. The molecule has 2 heterocycles. The molecule has 1 amide bonds. The third-order valence-electron chi connectivity index (χ3n) is 5.22. The summed E-state index contributed by atoms with van der Waals surface area (Å²) in [6, 6.07) is 13.7. The SMILES string of the molecule is CC(=O)Nc1cccc(-c2nc3cnccn3c2Nc2ccc3c(c2)CCC3=N)c1. The molecule has 5 rings (SSSR count). The van der Waals surface area contributed by atoms with E-state index < -0.39 is 0 Å². The Morgan fingerprint density at radius 1 is 1.13 bits per heavy atom. The van der Waals surface area contributed by atoms with Crippen LogP contribution in [0, 0.1) is 5.41 Å². The maximum atomic E-state index is 11.5. The molecule has 2 aromatic heterocycles. The minimum absolute atomic E-state index is 0.117. The Morgan fingerprint density at radius 2 is 2.03 bits per heavy atom. The lowest BCUT2D eigenvalue weighted by atomic mass is 10.1. The van der Waals surface area contributed by atoms with Gasteiger partial charge in [0.1, 0.15) is 11.5 Å². The number of amides is 1. The van der Waals surface area contributed by atoms with Crippen LogP contribution in [0.1, 0.15) is 24.5 Å². The highest BCUT2D eigenvalue weighted by molar-refractivity contribution is 6.02. The number of hydrogen-bond donors (Lipinski definition) is 3. The molecule has 0 radical (unpaired) electrons. The van der Waals surface area contributed by atoms with Crippen LogP contribution >= 0.6 is 0 Å². The fourth-order valence-electron chi connectivity index (χ4n) is 3.88. The molecular weight excluding hydrogens is 376 g/mol. The number of nitrogens with zero attached hydrogens (tertiary/aromatic N) is 3. The normalized spacial score (nSPS) is 12.8. The van der Waals surface area contributed by atoms with Crippen LogP contribution in [-0.2, 0) is 11.2 Å². The maximum Gasteiger partial charge on any atom is 0.221 e. The topological polar surface area (TPSA) is 95.2 Å². The van der Waals surface area contributed by atoms with E-state index in [0.717, 1.165) is 52.5 Å². The second-order valence-electron chi connectivity index (χ2n) is 7.35. The van der Waals surface area contributed by atoms with Crippen molar-refractivity contribution in [3.8, 4) is 11.3 Å². The number of nitrogens with one attached hydrogen (secondary N) is 3. The number of imidazole rings is 1. The molecule has 0 aliphatic heterocycles. The van der Waals surface area contributed by atoms with Crippen molar-refractivity contribution in [1.82, 2.24) is 14.4 Å². The van der Waals surface area contributed by atoms with E-state index in [1.807, 2.05) is 47.0 Å². The van der Waals surface area contributed by atoms with Gasteiger partial charge in [0.05, 0.1) is 6.20 Å². The maximum absolute atomic E-state index is 11.5. The van der Waals surface area contributed by atoms with Gasteiger partial charge in [0.25, 0.3) is 0 Å². The molecule has 3 N–H and O–H groups in total. The Kier molecular flexibility index (Phi) is 4.28. The lowest BCUT2D eigenvalue weighted by Crippen LogP contribution is -2.05. The van der Waals surface area contributed by atoms with Crippen LogP contribution in [0.5, 0.6) is 0 Å². The zero-order chi connectivity index (χ0) is 20.7. The van der Waals surface area contributed by atoms with Gasteiger partial charge < -0.3 is 16.0 Å². The molecule has 1 aliphatic carbocycles. The number of anilines is 3. The first-order valence-electron chi connectivity index (χ1n) is 9.76. The van der Waals surface area contributed by atoms with Crippen molar-refractivity contribution in [3.63, 3.8) is 0 Å². The van der Waals surface area contributed by atoms with Gasteiger partial charge in [-0.1, -0.05) is 18.2 Å². The fraction of sp³-hybridized carbons (Fsp3) is 0.130. The molecule has 30 heavy (non-hydrogen) atoms. The van der Waals surface area contributed by atoms with Crippen LogP contribution in [0.2, 0.25) is 0 Å². The Labute approximate surface area is 173 Å². The number of carbonyl (C=O) groups is 1. The molecule has 2 aromatic carbocycles. The van der Waals surface area contributed by atoms with Crippen molar-refractivity contribution in [2.75, 3.05) is 10.6 Å². The van der Waals surface area contributed by atoms with Gasteiger partial charge in [-0.3, -0.25) is 14.2 Å². The highest BCUT2D eigenvalue weighted by Gasteiger charge is 2.18. The van der Waals surface area contributed by atoms with Crippen molar-refractivity contribution in [2.45, 2.75) is 19.8 Å². The highest BCUT2D eigenvalue weighted by Crippen LogP contribution is 2.33. The van der Waals surface area contributed by atoms with Crippen LogP contribution in [0.25, 0.3) is 16.9 Å². The predicted octanol–water partition coefficient (Wildman–Crippen LogP) is 4.41. The van der Waals surface area contributed by atoms with Crippen LogP contribution in [0.3, 0.4) is 0 Å². The summed E-state index contributed by atoms with van der Waals surface area (Å²) in [7, 11) is 0. The highest BCUT2D eigenvalue weighted by atomic mass is 16.1. The van der Waals surface area contributed by atoms with Crippen LogP contribution in [-0.4, -0.2) is 26.0 Å². The second kappa shape index (κ2) is 7.11. The molecule has 0 saturated carbocycles. The standard InChI is InChI=1S/C23H20N6O/c1-14(30)26-17-4-2-3-16(12-17)22-23(29-10-9-25-13-21(29)28-22)27-18-6-7-19-15(11-18)5-8-20(19)24/h2-4,6-7,9-13,24,27H,5,8H2,1H3,(H,26,30). The van der Waals surface area contributed by atoms with Gasteiger partial charge in [-0.15, -0.1) is 0 Å². The number of rotatable bonds is 4. The second-order valence-corrected chi connectivity index (χ2v) is 7.35. The van der Waals surface area contributed by atoms with Crippen molar-refractivity contribution in [1.29, 1.82) is 5.41 Å². The largest absolute Gasteiger partial charge is 0.339 e. The molecule has 0 atom stereocenters. The summed E-state index contributed by atoms with van der Waals surface area (Å²) in [6.07, 6.45) is 7.00. The molecule has 7 heteroatoms. The molecule has 0 spiro atoms. The van der Waals surface area contributed by atoms with Gasteiger partial charge in [-0.05, 0) is 48.2 Å². The van der Waals surface area contributed by atoms with Crippen molar-refractivity contribution >= 4 is 34.5 Å². The van der Waals surface area contributed by atoms with E-state index in [1.54, 1.807) is 12.4 Å². The summed E-state index contributed by atoms with van der Waals surface area (Å²) in [4.78, 5) is 20.4. The van der Waals surface area contributed by atoms with Gasteiger partial charge in [-0.25, -0.2) is 4.98 Å². The number of hydrogen-bond acceptors (Lipinski definition) is 5. The summed E-state index contributed by atoms with van der Waals surface area (Å²) >= 11 is 0. The van der Waals surface area contributed by atoms with Crippen LogP contribution in [0.4, 0.5) is 17.2 Å². The number of carbonyl (C=O) groups excluding carboxylic acids is 1. The first kappa shape index (κ1) is 18.1. The summed E-state index contributed by atoms with van der Waals surface area (Å²) in [6.45, 7) is 1.49. The Morgan fingerprint density at radius 3 is 2.90 bits per heavy atom. The minimum Gasteiger partial charge on any atom is -0.339 e. The Bertz CT molecular complexity index is 1310.